The zero-order chi connectivity index (χ0) is 30.4. The molecule has 0 saturated carbocycles. The maximum absolute atomic E-state index is 14.1. The molecule has 2 rings (SSSR count). The molecular weight excluding hydrogens is 510 g/mol. The van der Waals surface area contributed by atoms with Crippen LogP contribution in [-0.4, -0.2) is 109 Å². The van der Waals surface area contributed by atoms with Crippen molar-refractivity contribution in [3.05, 3.63) is 0 Å². The van der Waals surface area contributed by atoms with Crippen molar-refractivity contribution in [1.29, 1.82) is 0 Å². The minimum absolute atomic E-state index is 0.0238. The van der Waals surface area contributed by atoms with Gasteiger partial charge in [-0.2, -0.15) is 0 Å². The first-order valence-corrected chi connectivity index (χ1v) is 15.1. The standard InChI is InChI=1S/C30H55N5O5/c1-11-30(12-2,31-8)28(39)32-24(29(5,6)7)26(37)33(9)23(20(3)4)19-34-17-13-15-21(34)25(36)35-18-14-16-22(35)27(38)40-10/h20-24,31H,11-19H2,1-10H3,(H,32,39). The van der Waals surface area contributed by atoms with E-state index in [1.165, 1.54) is 7.11 Å². The molecule has 4 unspecified atom stereocenters. The Kier molecular flexibility index (Phi) is 12.0. The Labute approximate surface area is 241 Å². The van der Waals surface area contributed by atoms with Crippen molar-refractivity contribution in [3.8, 4) is 0 Å². The normalized spacial score (nSPS) is 21.8. The van der Waals surface area contributed by atoms with Gasteiger partial charge in [0.25, 0.3) is 0 Å². The molecule has 0 aromatic heterocycles. The number of methoxy groups -OCH3 is 1. The summed E-state index contributed by atoms with van der Waals surface area (Å²) in [6.07, 6.45) is 4.25. The molecule has 2 saturated heterocycles. The highest BCUT2D eigenvalue weighted by Crippen LogP contribution is 2.28. The Morgan fingerprint density at radius 3 is 2.08 bits per heavy atom. The number of ether oxygens (including phenoxy) is 1. The quantitative estimate of drug-likeness (QED) is 0.350. The van der Waals surface area contributed by atoms with E-state index in [0.29, 0.717) is 32.4 Å². The fourth-order valence-corrected chi connectivity index (χ4v) is 6.27. The van der Waals surface area contributed by atoms with Gasteiger partial charge in [-0.05, 0) is 63.5 Å². The SMILES string of the molecule is CCC(CC)(NC)C(=O)NC(C(=O)N(C)C(CN1CCCC1C(=O)N1CCCC1C(=O)OC)C(C)C)C(C)(C)C. The van der Waals surface area contributed by atoms with Crippen LogP contribution >= 0.6 is 0 Å². The van der Waals surface area contributed by atoms with Gasteiger partial charge >= 0.3 is 5.97 Å². The molecule has 4 atom stereocenters. The lowest BCUT2D eigenvalue weighted by atomic mass is 9.83. The molecule has 2 heterocycles. The van der Waals surface area contributed by atoms with Crippen LogP contribution in [0.1, 0.15) is 87.0 Å². The van der Waals surface area contributed by atoms with Crippen molar-refractivity contribution in [2.75, 3.05) is 40.8 Å². The summed E-state index contributed by atoms with van der Waals surface area (Å²) in [6, 6.07) is -1.71. The lowest BCUT2D eigenvalue weighted by Gasteiger charge is -2.42. The average Bonchev–Trinajstić information content (AvgIpc) is 3.59. The van der Waals surface area contributed by atoms with Gasteiger partial charge in [0.05, 0.1) is 18.7 Å². The fourth-order valence-electron chi connectivity index (χ4n) is 6.27. The maximum atomic E-state index is 14.1. The van der Waals surface area contributed by atoms with E-state index in [1.54, 1.807) is 16.8 Å². The van der Waals surface area contributed by atoms with E-state index in [0.717, 1.165) is 25.8 Å². The Bertz CT molecular complexity index is 889. The first-order chi connectivity index (χ1) is 18.7. The number of esters is 1. The zero-order valence-corrected chi connectivity index (χ0v) is 26.6. The molecule has 2 N–H and O–H groups in total. The molecule has 0 spiro atoms. The highest BCUT2D eigenvalue weighted by atomic mass is 16.5. The van der Waals surface area contributed by atoms with Crippen molar-refractivity contribution in [3.63, 3.8) is 0 Å². The van der Waals surface area contributed by atoms with Crippen LogP contribution in [0.2, 0.25) is 0 Å². The summed E-state index contributed by atoms with van der Waals surface area (Å²) in [5.41, 5.74) is -1.24. The molecule has 40 heavy (non-hydrogen) atoms. The molecule has 230 valence electrons. The summed E-state index contributed by atoms with van der Waals surface area (Å²) in [5, 5.41) is 6.27. The van der Waals surface area contributed by atoms with Crippen LogP contribution in [0, 0.1) is 11.3 Å². The van der Waals surface area contributed by atoms with E-state index in [4.69, 9.17) is 4.74 Å². The molecule has 0 bridgehead atoms. The second kappa shape index (κ2) is 14.1. The van der Waals surface area contributed by atoms with E-state index < -0.39 is 23.0 Å². The molecular formula is C30H55N5O5. The third kappa shape index (κ3) is 7.35. The average molecular weight is 566 g/mol. The second-order valence-corrected chi connectivity index (χ2v) is 12.9. The molecule has 2 fully saturated rings. The van der Waals surface area contributed by atoms with E-state index in [2.05, 4.69) is 29.4 Å². The molecule has 2 aliphatic heterocycles. The summed E-state index contributed by atoms with van der Waals surface area (Å²) in [7, 11) is 4.95. The number of nitrogens with one attached hydrogen (secondary N) is 2. The molecule has 2 aliphatic rings. The third-order valence-electron chi connectivity index (χ3n) is 9.20. The van der Waals surface area contributed by atoms with Crippen LogP contribution < -0.4 is 10.6 Å². The molecule has 0 radical (unpaired) electrons. The lowest BCUT2D eigenvalue weighted by molar-refractivity contribution is -0.152. The molecule has 0 aromatic carbocycles. The maximum Gasteiger partial charge on any atom is 0.328 e. The molecule has 3 amide bonds. The topological polar surface area (TPSA) is 111 Å². The van der Waals surface area contributed by atoms with Crippen LogP contribution in [0.4, 0.5) is 0 Å². The molecule has 0 aliphatic carbocycles. The first kappa shape index (κ1) is 34.0. The summed E-state index contributed by atoms with van der Waals surface area (Å²) in [6.45, 7) is 15.9. The second-order valence-electron chi connectivity index (χ2n) is 12.9. The lowest BCUT2D eigenvalue weighted by Crippen LogP contribution is -2.63. The molecule has 10 heteroatoms. The minimum atomic E-state index is -0.736. The van der Waals surface area contributed by atoms with Crippen LogP contribution in [0.3, 0.4) is 0 Å². The number of amides is 3. The Morgan fingerprint density at radius 1 is 1.00 bits per heavy atom. The highest BCUT2D eigenvalue weighted by Gasteiger charge is 2.44. The van der Waals surface area contributed by atoms with Crippen molar-refractivity contribution in [1.82, 2.24) is 25.3 Å². The number of carbonyl (C=O) groups excluding carboxylic acids is 4. The zero-order valence-electron chi connectivity index (χ0n) is 26.6. The van der Waals surface area contributed by atoms with Crippen molar-refractivity contribution in [2.45, 2.75) is 117 Å². The predicted octanol–water partition coefficient (Wildman–Crippen LogP) is 2.41. The minimum Gasteiger partial charge on any atom is -0.467 e. The van der Waals surface area contributed by atoms with Crippen LogP contribution in [0.5, 0.6) is 0 Å². The summed E-state index contributed by atoms with van der Waals surface area (Å²) < 4.78 is 4.95. The Morgan fingerprint density at radius 2 is 1.57 bits per heavy atom. The van der Waals surface area contributed by atoms with Crippen molar-refractivity contribution in [2.24, 2.45) is 11.3 Å². The van der Waals surface area contributed by atoms with Gasteiger partial charge in [-0.3, -0.25) is 19.3 Å². The van der Waals surface area contributed by atoms with Gasteiger partial charge in [-0.1, -0.05) is 48.5 Å². The van der Waals surface area contributed by atoms with Gasteiger partial charge in [0.15, 0.2) is 0 Å². The number of hydrogen-bond acceptors (Lipinski definition) is 7. The summed E-state index contributed by atoms with van der Waals surface area (Å²) in [5.74, 6) is -0.560. The Balaban J connectivity index is 2.25. The van der Waals surface area contributed by atoms with Gasteiger partial charge < -0.3 is 25.2 Å². The van der Waals surface area contributed by atoms with Gasteiger partial charge in [-0.15, -0.1) is 0 Å². The Hall–Kier alpha value is -2.20. The number of rotatable bonds is 12. The van der Waals surface area contributed by atoms with E-state index in [1.807, 2.05) is 41.7 Å². The van der Waals surface area contributed by atoms with Gasteiger partial charge in [0, 0.05) is 26.2 Å². The first-order valence-electron chi connectivity index (χ1n) is 15.1. The number of nitrogens with zero attached hydrogens (tertiary/aromatic N) is 3. The summed E-state index contributed by atoms with van der Waals surface area (Å²) >= 11 is 0. The number of hydrogen-bond donors (Lipinski definition) is 2. The van der Waals surface area contributed by atoms with E-state index in [9.17, 15) is 19.2 Å². The number of likely N-dealkylation sites (tertiary alicyclic amines) is 2. The molecule has 10 nitrogen and oxygen atoms in total. The predicted molar refractivity (Wildman–Crippen MR) is 157 cm³/mol. The van der Waals surface area contributed by atoms with Crippen LogP contribution in [0.25, 0.3) is 0 Å². The fraction of sp³-hybridized carbons (Fsp3) is 0.867. The largest absolute Gasteiger partial charge is 0.467 e. The number of likely N-dealkylation sites (N-methyl/N-ethyl adjacent to an activating group) is 2. The van der Waals surface area contributed by atoms with E-state index in [-0.39, 0.29) is 41.7 Å². The number of carbonyl (C=O) groups is 4. The van der Waals surface area contributed by atoms with Crippen LogP contribution in [0.15, 0.2) is 0 Å². The van der Waals surface area contributed by atoms with E-state index >= 15 is 0 Å². The monoisotopic (exact) mass is 565 g/mol. The van der Waals surface area contributed by atoms with Gasteiger partial charge in [0.2, 0.25) is 17.7 Å². The van der Waals surface area contributed by atoms with Crippen molar-refractivity contribution >= 4 is 23.7 Å². The third-order valence-corrected chi connectivity index (χ3v) is 9.20. The van der Waals surface area contributed by atoms with Crippen molar-refractivity contribution < 1.29 is 23.9 Å². The van der Waals surface area contributed by atoms with Crippen LogP contribution in [-0.2, 0) is 23.9 Å². The highest BCUT2D eigenvalue weighted by molar-refractivity contribution is 5.92. The molecule has 0 aromatic rings. The van der Waals surface area contributed by atoms with Gasteiger partial charge in [0.1, 0.15) is 12.1 Å². The summed E-state index contributed by atoms with van der Waals surface area (Å²) in [4.78, 5) is 59.0. The van der Waals surface area contributed by atoms with Gasteiger partial charge in [-0.25, -0.2) is 4.79 Å². The smallest absolute Gasteiger partial charge is 0.328 e.